The fraction of sp³-hybridized carbons (Fsp3) is 0.176. The van der Waals surface area contributed by atoms with Crippen molar-refractivity contribution >= 4 is 23.2 Å². The van der Waals surface area contributed by atoms with Gasteiger partial charge in [-0.15, -0.1) is 0 Å². The second-order valence-electron chi connectivity index (χ2n) is 5.38. The van der Waals surface area contributed by atoms with Crippen LogP contribution in [0.3, 0.4) is 0 Å². The number of carbonyl (C=O) groups is 2. The van der Waals surface area contributed by atoms with Crippen molar-refractivity contribution in [3.8, 4) is 0 Å². The lowest BCUT2D eigenvalue weighted by Gasteiger charge is -2.23. The van der Waals surface area contributed by atoms with Crippen molar-refractivity contribution in [1.29, 1.82) is 0 Å². The number of carbonyl (C=O) groups excluding carboxylic acids is 2. The largest absolute Gasteiger partial charge is 0.376 e. The Morgan fingerprint density at radius 2 is 1.48 bits per heavy atom. The summed E-state index contributed by atoms with van der Waals surface area (Å²) in [6.45, 7) is 1.95. The second kappa shape index (κ2) is 4.74. The molecule has 0 saturated heterocycles. The molecule has 3 rings (SSSR count). The number of hydrogen-bond donors (Lipinski definition) is 0. The lowest BCUT2D eigenvalue weighted by molar-refractivity contribution is 0.0926. The highest BCUT2D eigenvalue weighted by Crippen LogP contribution is 2.35. The van der Waals surface area contributed by atoms with Crippen LogP contribution in [0.4, 0.5) is 11.4 Å². The number of benzene rings is 2. The minimum atomic E-state index is -0.260. The fourth-order valence-corrected chi connectivity index (χ4v) is 2.60. The van der Waals surface area contributed by atoms with E-state index in [1.165, 1.54) is 4.90 Å². The molecule has 0 unspecified atom stereocenters. The van der Waals surface area contributed by atoms with Gasteiger partial charge in [0.25, 0.3) is 11.8 Å². The summed E-state index contributed by atoms with van der Waals surface area (Å²) in [5, 5.41) is 0. The Kier molecular flexibility index (Phi) is 3.01. The van der Waals surface area contributed by atoms with Gasteiger partial charge < -0.3 is 4.90 Å². The molecule has 0 radical (unpaired) electrons. The first-order chi connectivity index (χ1) is 10.0. The summed E-state index contributed by atoms with van der Waals surface area (Å²) in [5.41, 5.74) is 3.41. The molecule has 1 aliphatic rings. The molecule has 0 saturated carbocycles. The van der Waals surface area contributed by atoms with Crippen molar-refractivity contribution < 1.29 is 9.59 Å². The predicted molar refractivity (Wildman–Crippen MR) is 83.1 cm³/mol. The maximum atomic E-state index is 12.6. The highest BCUT2D eigenvalue weighted by Gasteiger charge is 2.37. The molecule has 2 aromatic carbocycles. The average Bonchev–Trinajstić information content (AvgIpc) is 2.71. The fourth-order valence-electron chi connectivity index (χ4n) is 2.60. The average molecular weight is 280 g/mol. The summed E-state index contributed by atoms with van der Waals surface area (Å²) in [7, 11) is 3.79. The van der Waals surface area contributed by atoms with E-state index in [2.05, 4.69) is 0 Å². The SMILES string of the molecule is Cc1ccc(N(C)C)c(N2C(=O)c3ccccc3C2=O)c1. The molecular weight excluding hydrogens is 264 g/mol. The molecule has 0 atom stereocenters. The summed E-state index contributed by atoms with van der Waals surface area (Å²) in [4.78, 5) is 28.3. The van der Waals surface area contributed by atoms with Crippen LogP contribution in [0.5, 0.6) is 0 Å². The van der Waals surface area contributed by atoms with Gasteiger partial charge >= 0.3 is 0 Å². The quantitative estimate of drug-likeness (QED) is 0.794. The van der Waals surface area contributed by atoms with Gasteiger partial charge in [0, 0.05) is 14.1 Å². The van der Waals surface area contributed by atoms with Crippen molar-refractivity contribution in [1.82, 2.24) is 0 Å². The molecule has 2 amide bonds. The number of amides is 2. The van der Waals surface area contributed by atoms with Gasteiger partial charge in [-0.05, 0) is 36.8 Å². The first-order valence-corrected chi connectivity index (χ1v) is 6.76. The minimum absolute atomic E-state index is 0.260. The first-order valence-electron chi connectivity index (χ1n) is 6.76. The number of rotatable bonds is 2. The van der Waals surface area contributed by atoms with Crippen molar-refractivity contribution in [3.05, 3.63) is 59.2 Å². The molecule has 0 aliphatic carbocycles. The molecule has 4 heteroatoms. The van der Waals surface area contributed by atoms with Crippen molar-refractivity contribution in [2.24, 2.45) is 0 Å². The van der Waals surface area contributed by atoms with Gasteiger partial charge in [0.1, 0.15) is 0 Å². The molecule has 0 bridgehead atoms. The molecule has 0 N–H and O–H groups in total. The molecule has 4 nitrogen and oxygen atoms in total. The topological polar surface area (TPSA) is 40.6 Å². The van der Waals surface area contributed by atoms with E-state index in [0.29, 0.717) is 16.8 Å². The Hall–Kier alpha value is -2.62. The molecule has 0 aromatic heterocycles. The molecule has 2 aromatic rings. The molecule has 0 fully saturated rings. The number of fused-ring (bicyclic) bond motifs is 1. The van der Waals surface area contributed by atoms with Gasteiger partial charge in [0.2, 0.25) is 0 Å². The Balaban J connectivity index is 2.17. The Labute approximate surface area is 123 Å². The number of aryl methyl sites for hydroxylation is 1. The number of anilines is 2. The van der Waals surface area contributed by atoms with Gasteiger partial charge in [0.05, 0.1) is 22.5 Å². The molecule has 0 spiro atoms. The zero-order valence-electron chi connectivity index (χ0n) is 12.3. The van der Waals surface area contributed by atoms with Gasteiger partial charge in [0.15, 0.2) is 0 Å². The normalized spacial score (nSPS) is 13.6. The van der Waals surface area contributed by atoms with Crippen LogP contribution in [0.15, 0.2) is 42.5 Å². The van der Waals surface area contributed by atoms with Gasteiger partial charge in [-0.25, -0.2) is 4.90 Å². The summed E-state index contributed by atoms with van der Waals surface area (Å²) in [5.74, 6) is -0.520. The van der Waals surface area contributed by atoms with Crippen LogP contribution in [-0.2, 0) is 0 Å². The molecule has 1 heterocycles. The van der Waals surface area contributed by atoms with E-state index >= 15 is 0 Å². The zero-order valence-corrected chi connectivity index (χ0v) is 12.3. The Morgan fingerprint density at radius 1 is 0.905 bits per heavy atom. The highest BCUT2D eigenvalue weighted by molar-refractivity contribution is 6.35. The summed E-state index contributed by atoms with van der Waals surface area (Å²) in [6, 6.07) is 12.7. The van der Waals surface area contributed by atoms with Crippen molar-refractivity contribution in [3.63, 3.8) is 0 Å². The number of hydrogen-bond acceptors (Lipinski definition) is 3. The number of nitrogens with zero attached hydrogens (tertiary/aromatic N) is 2. The predicted octanol–water partition coefficient (Wildman–Crippen LogP) is 2.86. The van der Waals surface area contributed by atoms with Crippen LogP contribution in [0.1, 0.15) is 26.3 Å². The van der Waals surface area contributed by atoms with Crippen LogP contribution >= 0.6 is 0 Å². The maximum Gasteiger partial charge on any atom is 0.266 e. The third kappa shape index (κ3) is 2.00. The van der Waals surface area contributed by atoms with Crippen molar-refractivity contribution in [2.45, 2.75) is 6.92 Å². The van der Waals surface area contributed by atoms with E-state index in [1.54, 1.807) is 24.3 Å². The van der Waals surface area contributed by atoms with E-state index in [4.69, 9.17) is 0 Å². The van der Waals surface area contributed by atoms with Crippen LogP contribution < -0.4 is 9.80 Å². The lowest BCUT2D eigenvalue weighted by atomic mass is 10.1. The van der Waals surface area contributed by atoms with Gasteiger partial charge in [-0.1, -0.05) is 18.2 Å². The van der Waals surface area contributed by atoms with Gasteiger partial charge in [-0.2, -0.15) is 0 Å². The first kappa shape index (κ1) is 13.4. The molecular formula is C17H16N2O2. The minimum Gasteiger partial charge on any atom is -0.376 e. The van der Waals surface area contributed by atoms with E-state index in [9.17, 15) is 9.59 Å². The zero-order chi connectivity index (χ0) is 15.1. The van der Waals surface area contributed by atoms with Crippen LogP contribution in [0, 0.1) is 6.92 Å². The Bertz CT molecular complexity index is 715. The van der Waals surface area contributed by atoms with Crippen LogP contribution in [0.2, 0.25) is 0 Å². The summed E-state index contributed by atoms with van der Waals surface area (Å²) < 4.78 is 0. The third-order valence-electron chi connectivity index (χ3n) is 3.65. The lowest BCUT2D eigenvalue weighted by Crippen LogP contribution is -2.31. The Morgan fingerprint density at radius 3 is 2.00 bits per heavy atom. The molecule has 21 heavy (non-hydrogen) atoms. The van der Waals surface area contributed by atoms with Crippen molar-refractivity contribution in [2.75, 3.05) is 23.9 Å². The highest BCUT2D eigenvalue weighted by atomic mass is 16.2. The molecule has 1 aliphatic heterocycles. The number of imide groups is 1. The standard InChI is InChI=1S/C17H16N2O2/c1-11-8-9-14(18(2)3)15(10-11)19-16(20)12-6-4-5-7-13(12)17(19)21/h4-10H,1-3H3. The van der Waals surface area contributed by atoms with E-state index in [0.717, 1.165) is 11.3 Å². The van der Waals surface area contributed by atoms with Gasteiger partial charge in [-0.3, -0.25) is 9.59 Å². The van der Waals surface area contributed by atoms with Crippen LogP contribution in [-0.4, -0.2) is 25.9 Å². The summed E-state index contributed by atoms with van der Waals surface area (Å²) >= 11 is 0. The summed E-state index contributed by atoms with van der Waals surface area (Å²) in [6.07, 6.45) is 0. The van der Waals surface area contributed by atoms with Crippen LogP contribution in [0.25, 0.3) is 0 Å². The molecule has 106 valence electrons. The van der Waals surface area contributed by atoms with E-state index in [-0.39, 0.29) is 11.8 Å². The third-order valence-corrected chi connectivity index (χ3v) is 3.65. The van der Waals surface area contributed by atoms with E-state index in [1.807, 2.05) is 44.1 Å². The maximum absolute atomic E-state index is 12.6. The smallest absolute Gasteiger partial charge is 0.266 e. The second-order valence-corrected chi connectivity index (χ2v) is 5.38. The van der Waals surface area contributed by atoms with E-state index < -0.39 is 0 Å². The monoisotopic (exact) mass is 280 g/mol.